The highest BCUT2D eigenvalue weighted by molar-refractivity contribution is 5.77. The topological polar surface area (TPSA) is 95.9 Å². The van der Waals surface area contributed by atoms with Gasteiger partial charge in [-0.15, -0.1) is 0 Å². The molecule has 0 bridgehead atoms. The fourth-order valence-corrected chi connectivity index (χ4v) is 6.97. The van der Waals surface area contributed by atoms with Crippen molar-refractivity contribution in [2.24, 2.45) is 0 Å². The summed E-state index contributed by atoms with van der Waals surface area (Å²) in [5, 5.41) is 23.6. The van der Waals surface area contributed by atoms with Crippen molar-refractivity contribution < 1.29 is 24.5 Å². The SMILES string of the molecule is CC/C=C/C=C/C=C\C=C/C=C/CCCCCC(=O)OC(CCCCCCC/C=C/CCCCCCCC)CC(=O)NC(CO)C(O)CCCCCCCCCCC. The molecule has 6 nitrogen and oxygen atoms in total. The Morgan fingerprint density at radius 3 is 1.47 bits per heavy atom. The van der Waals surface area contributed by atoms with Crippen LogP contribution in [0.1, 0.15) is 220 Å². The highest BCUT2D eigenvalue weighted by Gasteiger charge is 2.24. The normalized spacial score (nSPS) is 13.9. The van der Waals surface area contributed by atoms with Crippen molar-refractivity contribution in [3.63, 3.8) is 0 Å². The largest absolute Gasteiger partial charge is 0.462 e. The van der Waals surface area contributed by atoms with Gasteiger partial charge < -0.3 is 20.3 Å². The van der Waals surface area contributed by atoms with Gasteiger partial charge in [-0.2, -0.15) is 0 Å². The van der Waals surface area contributed by atoms with Crippen LogP contribution in [0.15, 0.2) is 72.9 Å². The van der Waals surface area contributed by atoms with Crippen molar-refractivity contribution >= 4 is 11.9 Å². The van der Waals surface area contributed by atoms with Crippen LogP contribution in [0.3, 0.4) is 0 Å². The summed E-state index contributed by atoms with van der Waals surface area (Å²) in [4.78, 5) is 26.0. The number of rotatable bonds is 42. The van der Waals surface area contributed by atoms with E-state index in [1.807, 2.05) is 42.5 Å². The number of allylic oxidation sites excluding steroid dienone is 12. The van der Waals surface area contributed by atoms with Crippen molar-refractivity contribution in [3.8, 4) is 0 Å². The van der Waals surface area contributed by atoms with E-state index in [4.69, 9.17) is 4.74 Å². The van der Waals surface area contributed by atoms with Crippen LogP contribution in [0.25, 0.3) is 0 Å². The maximum Gasteiger partial charge on any atom is 0.306 e. The maximum absolute atomic E-state index is 13.1. The van der Waals surface area contributed by atoms with Gasteiger partial charge in [0.1, 0.15) is 6.10 Å². The third-order valence-corrected chi connectivity index (χ3v) is 10.6. The van der Waals surface area contributed by atoms with Gasteiger partial charge in [0.15, 0.2) is 0 Å². The molecule has 3 N–H and O–H groups in total. The van der Waals surface area contributed by atoms with Crippen LogP contribution >= 0.6 is 0 Å². The molecule has 0 saturated heterocycles. The number of ether oxygens (including phenoxy) is 1. The number of carbonyl (C=O) groups is 2. The number of aliphatic hydroxyl groups is 2. The molecule has 0 fully saturated rings. The van der Waals surface area contributed by atoms with Gasteiger partial charge in [-0.1, -0.05) is 209 Å². The van der Waals surface area contributed by atoms with Crippen LogP contribution in [0.5, 0.6) is 0 Å². The predicted octanol–water partition coefficient (Wildman–Crippen LogP) is 14.2. The van der Waals surface area contributed by atoms with Crippen LogP contribution in [0.2, 0.25) is 0 Å². The summed E-state index contributed by atoms with van der Waals surface area (Å²) < 4.78 is 5.90. The lowest BCUT2D eigenvalue weighted by molar-refractivity contribution is -0.151. The molecule has 0 aromatic heterocycles. The fourth-order valence-electron chi connectivity index (χ4n) is 6.97. The lowest BCUT2D eigenvalue weighted by Crippen LogP contribution is -2.46. The van der Waals surface area contributed by atoms with Crippen LogP contribution in [0, 0.1) is 0 Å². The molecule has 58 heavy (non-hydrogen) atoms. The predicted molar refractivity (Wildman–Crippen MR) is 250 cm³/mol. The molecule has 0 aliphatic heterocycles. The van der Waals surface area contributed by atoms with E-state index in [9.17, 15) is 19.8 Å². The Balaban J connectivity index is 4.70. The second-order valence-corrected chi connectivity index (χ2v) is 16.2. The zero-order chi connectivity index (χ0) is 42.4. The highest BCUT2D eigenvalue weighted by atomic mass is 16.5. The molecule has 334 valence electrons. The number of hydrogen-bond acceptors (Lipinski definition) is 5. The van der Waals surface area contributed by atoms with Gasteiger partial charge >= 0.3 is 5.97 Å². The van der Waals surface area contributed by atoms with Crippen molar-refractivity contribution in [3.05, 3.63) is 72.9 Å². The van der Waals surface area contributed by atoms with Crippen molar-refractivity contribution in [2.75, 3.05) is 6.61 Å². The number of esters is 1. The van der Waals surface area contributed by atoms with Crippen molar-refractivity contribution in [2.45, 2.75) is 238 Å². The van der Waals surface area contributed by atoms with Crippen LogP contribution in [-0.2, 0) is 14.3 Å². The summed E-state index contributed by atoms with van der Waals surface area (Å²) in [5.74, 6) is -0.535. The number of unbranched alkanes of at least 4 members (excludes halogenated alkanes) is 22. The molecule has 0 rings (SSSR count). The zero-order valence-electron chi connectivity index (χ0n) is 37.9. The highest BCUT2D eigenvalue weighted by Crippen LogP contribution is 2.17. The second-order valence-electron chi connectivity index (χ2n) is 16.2. The summed E-state index contributed by atoms with van der Waals surface area (Å²) in [6, 6.07) is -0.714. The Morgan fingerprint density at radius 1 is 0.517 bits per heavy atom. The average molecular weight is 810 g/mol. The van der Waals surface area contributed by atoms with E-state index >= 15 is 0 Å². The first-order valence-electron chi connectivity index (χ1n) is 24.2. The molecule has 0 aliphatic carbocycles. The molecule has 0 radical (unpaired) electrons. The van der Waals surface area contributed by atoms with E-state index < -0.39 is 18.2 Å². The zero-order valence-corrected chi connectivity index (χ0v) is 37.9. The monoisotopic (exact) mass is 810 g/mol. The van der Waals surface area contributed by atoms with E-state index in [2.05, 4.69) is 56.5 Å². The minimum absolute atomic E-state index is 0.0517. The van der Waals surface area contributed by atoms with E-state index in [-0.39, 0.29) is 24.9 Å². The Hall–Kier alpha value is -2.70. The Labute approximate surface area is 358 Å². The number of amides is 1. The number of aliphatic hydroxyl groups excluding tert-OH is 2. The molecular formula is C52H91NO5. The lowest BCUT2D eigenvalue weighted by Gasteiger charge is -2.24. The molecule has 0 aromatic rings. The maximum atomic E-state index is 13.1. The van der Waals surface area contributed by atoms with Crippen LogP contribution < -0.4 is 5.32 Å². The molecule has 0 aliphatic rings. The number of carbonyl (C=O) groups excluding carboxylic acids is 2. The summed E-state index contributed by atoms with van der Waals surface area (Å²) in [7, 11) is 0. The van der Waals surface area contributed by atoms with Crippen molar-refractivity contribution in [1.29, 1.82) is 0 Å². The first kappa shape index (κ1) is 55.3. The Kier molecular flexibility index (Phi) is 43.3. The van der Waals surface area contributed by atoms with Gasteiger partial charge in [-0.3, -0.25) is 9.59 Å². The molecule has 6 heteroatoms. The van der Waals surface area contributed by atoms with E-state index in [0.717, 1.165) is 77.0 Å². The van der Waals surface area contributed by atoms with E-state index in [1.165, 1.54) is 96.3 Å². The molecule has 0 spiro atoms. The van der Waals surface area contributed by atoms with E-state index in [0.29, 0.717) is 19.3 Å². The molecule has 1 amide bonds. The van der Waals surface area contributed by atoms with Gasteiger partial charge in [0, 0.05) is 6.42 Å². The third kappa shape index (κ3) is 40.1. The summed E-state index contributed by atoms with van der Waals surface area (Å²) >= 11 is 0. The van der Waals surface area contributed by atoms with Gasteiger partial charge in [0.25, 0.3) is 0 Å². The molecular weight excluding hydrogens is 719 g/mol. The smallest absolute Gasteiger partial charge is 0.306 e. The first-order chi connectivity index (χ1) is 28.5. The van der Waals surface area contributed by atoms with Gasteiger partial charge in [-0.05, 0) is 70.6 Å². The molecule has 3 atom stereocenters. The minimum Gasteiger partial charge on any atom is -0.462 e. The van der Waals surface area contributed by atoms with Crippen molar-refractivity contribution in [1.82, 2.24) is 5.32 Å². The summed E-state index contributed by atoms with van der Waals surface area (Å²) in [6.45, 7) is 6.29. The van der Waals surface area contributed by atoms with Gasteiger partial charge in [0.2, 0.25) is 5.91 Å². The van der Waals surface area contributed by atoms with Gasteiger partial charge in [0.05, 0.1) is 25.2 Å². The Morgan fingerprint density at radius 2 is 0.948 bits per heavy atom. The first-order valence-corrected chi connectivity index (χ1v) is 24.2. The lowest BCUT2D eigenvalue weighted by atomic mass is 10.0. The number of hydrogen-bond donors (Lipinski definition) is 3. The van der Waals surface area contributed by atoms with Gasteiger partial charge in [-0.25, -0.2) is 0 Å². The van der Waals surface area contributed by atoms with Crippen LogP contribution in [-0.4, -0.2) is 46.9 Å². The quantitative estimate of drug-likeness (QED) is 0.0247. The average Bonchev–Trinajstić information content (AvgIpc) is 3.22. The third-order valence-electron chi connectivity index (χ3n) is 10.6. The van der Waals surface area contributed by atoms with Crippen LogP contribution in [0.4, 0.5) is 0 Å². The molecule has 3 unspecified atom stereocenters. The molecule has 0 saturated carbocycles. The fraction of sp³-hybridized carbons (Fsp3) is 0.731. The Bertz CT molecular complexity index is 1090. The minimum atomic E-state index is -0.798. The summed E-state index contributed by atoms with van der Waals surface area (Å²) in [5.41, 5.74) is 0. The summed E-state index contributed by atoms with van der Waals surface area (Å²) in [6.07, 6.45) is 56.7. The standard InChI is InChI=1S/C52H91NO5/c1-4-7-10-13-16-19-21-23-25-27-29-32-34-37-40-43-48(46-51(56)53-49(47-54)50(55)44-41-38-35-31-18-15-12-9-6-3)58-52(57)45-42-39-36-33-30-28-26-24-22-20-17-14-11-8-5-2/h8,11,14,17,20,22-26,28,30,48-50,54-55H,4-7,9-10,12-13,15-16,18-19,21,27,29,31-47H2,1-3H3,(H,53,56)/b11-8+,17-14+,22-20-,25-23+,26-24-,30-28+. The number of nitrogens with one attached hydrogen (secondary N) is 1. The second kappa shape index (κ2) is 45.4. The molecule has 0 heterocycles. The van der Waals surface area contributed by atoms with E-state index in [1.54, 1.807) is 0 Å². The molecule has 0 aromatic carbocycles.